The molecule has 7 heteroatoms. The van der Waals surface area contributed by atoms with Gasteiger partial charge in [-0.2, -0.15) is 5.26 Å². The third kappa shape index (κ3) is 7.12. The van der Waals surface area contributed by atoms with Gasteiger partial charge in [0.05, 0.1) is 5.56 Å². The Balaban J connectivity index is 2.47. The molecular weight excluding hydrogens is 322 g/mol. The number of rotatable bonds is 6. The third-order valence-corrected chi connectivity index (χ3v) is 3.35. The smallest absolute Gasteiger partial charge is 0.407 e. The quantitative estimate of drug-likeness (QED) is 0.852. The van der Waals surface area contributed by atoms with E-state index in [9.17, 15) is 9.59 Å². The number of hydrogen-bond acceptors (Lipinski definition) is 5. The maximum atomic E-state index is 12.2. The van der Waals surface area contributed by atoms with Crippen LogP contribution in [0.15, 0.2) is 24.3 Å². The molecule has 1 aromatic carbocycles. The van der Waals surface area contributed by atoms with Gasteiger partial charge in [0.25, 0.3) is 5.91 Å². The molecule has 0 radical (unpaired) electrons. The van der Waals surface area contributed by atoms with Crippen LogP contribution < -0.4 is 10.1 Å². The first-order valence-electron chi connectivity index (χ1n) is 7.98. The van der Waals surface area contributed by atoms with E-state index in [0.717, 1.165) is 0 Å². The molecule has 1 atom stereocenters. The number of nitrogens with one attached hydrogen (secondary N) is 1. The van der Waals surface area contributed by atoms with Crippen molar-refractivity contribution >= 4 is 12.0 Å². The molecule has 25 heavy (non-hydrogen) atoms. The monoisotopic (exact) mass is 347 g/mol. The van der Waals surface area contributed by atoms with Crippen molar-refractivity contribution in [3.8, 4) is 11.8 Å². The number of carbonyl (C=O) groups is 2. The first-order valence-corrected chi connectivity index (χ1v) is 7.98. The minimum absolute atomic E-state index is 0.189. The highest BCUT2D eigenvalue weighted by molar-refractivity contribution is 5.78. The fourth-order valence-electron chi connectivity index (χ4n) is 1.85. The van der Waals surface area contributed by atoms with Crippen molar-refractivity contribution in [2.24, 2.45) is 0 Å². The summed E-state index contributed by atoms with van der Waals surface area (Å²) in [6, 6.07) is 8.49. The summed E-state index contributed by atoms with van der Waals surface area (Å²) in [6.07, 6.45) is -0.528. The Labute approximate surface area is 148 Å². The number of para-hydroxylation sites is 1. The molecular formula is C18H25N3O4. The summed E-state index contributed by atoms with van der Waals surface area (Å²) in [5.41, 5.74) is -0.200. The van der Waals surface area contributed by atoms with Gasteiger partial charge < -0.3 is 19.7 Å². The normalized spacial score (nSPS) is 11.8. The lowest BCUT2D eigenvalue weighted by atomic mass is 10.2. The molecule has 7 nitrogen and oxygen atoms in total. The lowest BCUT2D eigenvalue weighted by Gasteiger charge is -2.26. The molecule has 0 fully saturated rings. The predicted octanol–water partition coefficient (Wildman–Crippen LogP) is 2.31. The SMILES string of the molecule is C[C@H](CNC(=O)OC(C)(C)C)N(C)C(=O)COc1ccccc1C#N. The molecule has 0 aliphatic carbocycles. The zero-order valence-corrected chi connectivity index (χ0v) is 15.3. The van der Waals surface area contributed by atoms with Gasteiger partial charge in [-0.05, 0) is 39.8 Å². The van der Waals surface area contributed by atoms with E-state index in [1.54, 1.807) is 59.0 Å². The molecule has 0 heterocycles. The van der Waals surface area contributed by atoms with E-state index in [1.807, 2.05) is 6.07 Å². The Morgan fingerprint density at radius 2 is 1.96 bits per heavy atom. The van der Waals surface area contributed by atoms with Gasteiger partial charge in [-0.1, -0.05) is 12.1 Å². The molecule has 2 amide bonds. The summed E-state index contributed by atoms with van der Waals surface area (Å²) in [5.74, 6) is 0.109. The second-order valence-electron chi connectivity index (χ2n) is 6.63. The van der Waals surface area contributed by atoms with Crippen LogP contribution in [0.3, 0.4) is 0 Å². The molecule has 1 aromatic rings. The van der Waals surface area contributed by atoms with Crippen LogP contribution in [0.2, 0.25) is 0 Å². The van der Waals surface area contributed by atoms with E-state index in [0.29, 0.717) is 11.3 Å². The second-order valence-corrected chi connectivity index (χ2v) is 6.63. The minimum Gasteiger partial charge on any atom is -0.482 e. The third-order valence-electron chi connectivity index (χ3n) is 3.35. The second kappa shape index (κ2) is 8.92. The predicted molar refractivity (Wildman–Crippen MR) is 93.1 cm³/mol. The lowest BCUT2D eigenvalue weighted by Crippen LogP contribution is -2.45. The maximum absolute atomic E-state index is 12.2. The van der Waals surface area contributed by atoms with E-state index in [1.165, 1.54) is 4.90 Å². The largest absolute Gasteiger partial charge is 0.482 e. The number of hydrogen-bond donors (Lipinski definition) is 1. The number of benzene rings is 1. The molecule has 0 bridgehead atoms. The minimum atomic E-state index is -0.572. The maximum Gasteiger partial charge on any atom is 0.407 e. The highest BCUT2D eigenvalue weighted by Crippen LogP contribution is 2.16. The van der Waals surface area contributed by atoms with Crippen LogP contribution >= 0.6 is 0 Å². The summed E-state index contributed by atoms with van der Waals surface area (Å²) >= 11 is 0. The summed E-state index contributed by atoms with van der Waals surface area (Å²) in [7, 11) is 1.63. The summed E-state index contributed by atoms with van der Waals surface area (Å²) < 4.78 is 10.6. The van der Waals surface area contributed by atoms with Gasteiger partial charge in [-0.25, -0.2) is 4.79 Å². The van der Waals surface area contributed by atoms with Crippen molar-refractivity contribution in [3.05, 3.63) is 29.8 Å². The average Bonchev–Trinajstić information content (AvgIpc) is 2.55. The van der Waals surface area contributed by atoms with Crippen molar-refractivity contribution in [2.75, 3.05) is 20.2 Å². The van der Waals surface area contributed by atoms with Crippen molar-refractivity contribution < 1.29 is 19.1 Å². The summed E-state index contributed by atoms with van der Waals surface area (Å²) in [6.45, 7) is 7.21. The Morgan fingerprint density at radius 1 is 1.32 bits per heavy atom. The number of alkyl carbamates (subject to hydrolysis) is 1. The zero-order valence-electron chi connectivity index (χ0n) is 15.3. The van der Waals surface area contributed by atoms with Gasteiger partial charge >= 0.3 is 6.09 Å². The Kier molecular flexibility index (Phi) is 7.24. The van der Waals surface area contributed by atoms with Crippen LogP contribution in [-0.2, 0) is 9.53 Å². The standard InChI is InChI=1S/C18H25N3O4/c1-13(11-20-17(23)25-18(2,3)4)21(5)16(22)12-24-15-9-7-6-8-14(15)10-19/h6-9,13H,11-12H2,1-5H3,(H,20,23)/t13-/m1/s1. The van der Waals surface area contributed by atoms with Crippen molar-refractivity contribution in [1.82, 2.24) is 10.2 Å². The molecule has 0 saturated carbocycles. The van der Waals surface area contributed by atoms with Crippen LogP contribution in [0.4, 0.5) is 4.79 Å². The topological polar surface area (TPSA) is 91.7 Å². The fraction of sp³-hybridized carbons (Fsp3) is 0.500. The van der Waals surface area contributed by atoms with Gasteiger partial charge in [-0.3, -0.25) is 4.79 Å². The van der Waals surface area contributed by atoms with Gasteiger partial charge in [-0.15, -0.1) is 0 Å². The first kappa shape index (κ1) is 20.3. The molecule has 0 aliphatic heterocycles. The average molecular weight is 347 g/mol. The number of ether oxygens (including phenoxy) is 2. The zero-order chi connectivity index (χ0) is 19.0. The highest BCUT2D eigenvalue weighted by Gasteiger charge is 2.20. The Morgan fingerprint density at radius 3 is 2.56 bits per heavy atom. The van der Waals surface area contributed by atoms with Gasteiger partial charge in [0.2, 0.25) is 0 Å². The van der Waals surface area contributed by atoms with E-state index in [-0.39, 0.29) is 25.1 Å². The Bertz CT molecular complexity index is 646. The lowest BCUT2D eigenvalue weighted by molar-refractivity contribution is -0.133. The first-order chi connectivity index (χ1) is 11.6. The Hall–Kier alpha value is -2.75. The van der Waals surface area contributed by atoms with E-state index >= 15 is 0 Å². The van der Waals surface area contributed by atoms with Gasteiger partial charge in [0.1, 0.15) is 17.4 Å². The van der Waals surface area contributed by atoms with E-state index < -0.39 is 11.7 Å². The number of nitrogens with zero attached hydrogens (tertiary/aromatic N) is 2. The number of carbonyl (C=O) groups excluding carboxylic acids is 2. The van der Waals surface area contributed by atoms with Crippen LogP contribution in [0, 0.1) is 11.3 Å². The van der Waals surface area contributed by atoms with E-state index in [2.05, 4.69) is 5.32 Å². The molecule has 0 spiro atoms. The summed E-state index contributed by atoms with van der Waals surface area (Å²) in [5, 5.41) is 11.6. The highest BCUT2D eigenvalue weighted by atomic mass is 16.6. The van der Waals surface area contributed by atoms with Crippen molar-refractivity contribution in [3.63, 3.8) is 0 Å². The number of amides is 2. The fourth-order valence-corrected chi connectivity index (χ4v) is 1.85. The van der Waals surface area contributed by atoms with Gasteiger partial charge in [0, 0.05) is 19.6 Å². The summed E-state index contributed by atoms with van der Waals surface area (Å²) in [4.78, 5) is 25.3. The number of nitriles is 1. The molecule has 1 N–H and O–H groups in total. The van der Waals surface area contributed by atoms with Crippen molar-refractivity contribution in [1.29, 1.82) is 5.26 Å². The molecule has 0 unspecified atom stereocenters. The van der Waals surface area contributed by atoms with Gasteiger partial charge in [0.15, 0.2) is 6.61 Å². The van der Waals surface area contributed by atoms with Crippen molar-refractivity contribution in [2.45, 2.75) is 39.3 Å². The molecule has 0 aliphatic rings. The van der Waals surface area contributed by atoms with Crippen LogP contribution in [-0.4, -0.2) is 48.7 Å². The van der Waals surface area contributed by atoms with E-state index in [4.69, 9.17) is 14.7 Å². The molecule has 0 aromatic heterocycles. The van der Waals surface area contributed by atoms with Crippen LogP contribution in [0.25, 0.3) is 0 Å². The van der Waals surface area contributed by atoms with Crippen LogP contribution in [0.1, 0.15) is 33.3 Å². The van der Waals surface area contributed by atoms with Crippen LogP contribution in [0.5, 0.6) is 5.75 Å². The molecule has 0 saturated heterocycles. The molecule has 1 rings (SSSR count). The number of likely N-dealkylation sites (N-methyl/N-ethyl adjacent to an activating group) is 1. The molecule has 136 valence electrons.